The van der Waals surface area contributed by atoms with Gasteiger partial charge in [0.2, 0.25) is 0 Å². The molecule has 1 aliphatic heterocycles. The zero-order chi connectivity index (χ0) is 12.7. The Morgan fingerprint density at radius 2 is 2.39 bits per heavy atom. The summed E-state index contributed by atoms with van der Waals surface area (Å²) in [5, 5.41) is 13.6. The van der Waals surface area contributed by atoms with Gasteiger partial charge in [-0.15, -0.1) is 16.4 Å². The molecular weight excluding hydrogens is 250 g/mol. The van der Waals surface area contributed by atoms with Crippen LogP contribution in [0.5, 0.6) is 0 Å². The molecule has 6 heteroatoms. The smallest absolute Gasteiger partial charge is 0.328 e. The van der Waals surface area contributed by atoms with E-state index in [2.05, 4.69) is 10.1 Å². The zero-order valence-corrected chi connectivity index (χ0v) is 10.8. The second-order valence-corrected chi connectivity index (χ2v) is 5.74. The van der Waals surface area contributed by atoms with Crippen molar-refractivity contribution in [2.24, 2.45) is 0 Å². The number of fused-ring (bicyclic) bond motifs is 1. The number of aliphatic carboxylic acids is 1. The highest BCUT2D eigenvalue weighted by atomic mass is 32.1. The van der Waals surface area contributed by atoms with Crippen LogP contribution in [0.4, 0.5) is 0 Å². The Kier molecular flexibility index (Phi) is 2.66. The average Bonchev–Trinajstić information content (AvgIpc) is 2.93. The van der Waals surface area contributed by atoms with E-state index in [1.807, 2.05) is 19.1 Å². The molecule has 0 bridgehead atoms. The molecule has 2 aromatic rings. The van der Waals surface area contributed by atoms with Gasteiger partial charge in [-0.25, -0.2) is 14.5 Å². The molecule has 0 aliphatic carbocycles. The van der Waals surface area contributed by atoms with E-state index in [0.29, 0.717) is 12.2 Å². The summed E-state index contributed by atoms with van der Waals surface area (Å²) >= 11 is 1.63. The van der Waals surface area contributed by atoms with E-state index in [1.54, 1.807) is 16.0 Å². The fourth-order valence-corrected chi connectivity index (χ4v) is 3.04. The molecule has 1 aliphatic rings. The molecular formula is C12H13N3O2S. The molecule has 1 atom stereocenters. The van der Waals surface area contributed by atoms with E-state index >= 15 is 0 Å². The monoisotopic (exact) mass is 263 g/mol. The quantitative estimate of drug-likeness (QED) is 0.902. The van der Waals surface area contributed by atoms with Crippen LogP contribution in [-0.2, 0) is 11.2 Å². The van der Waals surface area contributed by atoms with Crippen LogP contribution in [0.1, 0.15) is 29.6 Å². The van der Waals surface area contributed by atoms with Gasteiger partial charge in [0.05, 0.1) is 4.88 Å². The van der Waals surface area contributed by atoms with Gasteiger partial charge in [-0.1, -0.05) is 0 Å². The summed E-state index contributed by atoms with van der Waals surface area (Å²) in [6.07, 6.45) is 2.30. The number of hydrogen-bond acceptors (Lipinski definition) is 4. The second-order valence-electron chi connectivity index (χ2n) is 4.45. The summed E-state index contributed by atoms with van der Waals surface area (Å²) in [6.45, 7) is 2.03. The lowest BCUT2D eigenvalue weighted by molar-refractivity contribution is -0.141. The highest BCUT2D eigenvalue weighted by molar-refractivity contribution is 7.15. The Hall–Kier alpha value is -1.69. The van der Waals surface area contributed by atoms with E-state index < -0.39 is 12.0 Å². The first kappa shape index (κ1) is 11.4. The summed E-state index contributed by atoms with van der Waals surface area (Å²) in [7, 11) is 0. The van der Waals surface area contributed by atoms with Gasteiger partial charge in [-0.3, -0.25) is 0 Å². The summed E-state index contributed by atoms with van der Waals surface area (Å²) in [5.74, 6) is 0.612. The number of rotatable bonds is 2. The van der Waals surface area contributed by atoms with Crippen LogP contribution < -0.4 is 0 Å². The largest absolute Gasteiger partial charge is 0.480 e. The van der Waals surface area contributed by atoms with Crippen LogP contribution in [0.2, 0.25) is 0 Å². The molecule has 94 valence electrons. The molecule has 18 heavy (non-hydrogen) atoms. The van der Waals surface area contributed by atoms with Gasteiger partial charge in [0.1, 0.15) is 5.82 Å². The first-order valence-electron chi connectivity index (χ1n) is 5.90. The Morgan fingerprint density at radius 1 is 1.56 bits per heavy atom. The van der Waals surface area contributed by atoms with Crippen LogP contribution in [-0.4, -0.2) is 25.8 Å². The third kappa shape index (κ3) is 1.82. The van der Waals surface area contributed by atoms with E-state index in [1.165, 1.54) is 4.88 Å². The van der Waals surface area contributed by atoms with Crippen molar-refractivity contribution < 1.29 is 9.90 Å². The number of aromatic nitrogens is 3. The SMILES string of the molecule is Cc1ccc(-c2nc3n(n2)C(C(=O)O)CCC3)s1. The minimum Gasteiger partial charge on any atom is -0.480 e. The molecule has 0 amide bonds. The number of aryl methyl sites for hydroxylation is 2. The van der Waals surface area contributed by atoms with Crippen molar-refractivity contribution in [1.82, 2.24) is 14.8 Å². The van der Waals surface area contributed by atoms with E-state index in [-0.39, 0.29) is 0 Å². The average molecular weight is 263 g/mol. The molecule has 0 spiro atoms. The van der Waals surface area contributed by atoms with Crippen molar-refractivity contribution in [3.05, 3.63) is 22.8 Å². The first-order chi connectivity index (χ1) is 8.65. The first-order valence-corrected chi connectivity index (χ1v) is 6.72. The maximum atomic E-state index is 11.2. The third-order valence-corrected chi connectivity index (χ3v) is 4.12. The number of thiophene rings is 1. The molecule has 0 fully saturated rings. The Labute approximate surface area is 108 Å². The van der Waals surface area contributed by atoms with Crippen molar-refractivity contribution in [3.63, 3.8) is 0 Å². The summed E-state index contributed by atoms with van der Waals surface area (Å²) in [4.78, 5) is 17.8. The van der Waals surface area contributed by atoms with Crippen molar-refractivity contribution in [2.45, 2.75) is 32.2 Å². The van der Waals surface area contributed by atoms with Crippen LogP contribution >= 0.6 is 11.3 Å². The molecule has 0 radical (unpaired) electrons. The number of nitrogens with zero attached hydrogens (tertiary/aromatic N) is 3. The van der Waals surface area contributed by atoms with Crippen LogP contribution in [0.25, 0.3) is 10.7 Å². The molecule has 1 N–H and O–H groups in total. The molecule has 1 unspecified atom stereocenters. The summed E-state index contributed by atoms with van der Waals surface area (Å²) in [5.41, 5.74) is 0. The van der Waals surface area contributed by atoms with Crippen LogP contribution in [0.3, 0.4) is 0 Å². The number of carbonyl (C=O) groups is 1. The molecule has 3 heterocycles. The van der Waals surface area contributed by atoms with Crippen molar-refractivity contribution in [3.8, 4) is 10.7 Å². The van der Waals surface area contributed by atoms with E-state index in [0.717, 1.165) is 23.5 Å². The number of carboxylic acid groups (broad SMARTS) is 1. The highest BCUT2D eigenvalue weighted by Gasteiger charge is 2.28. The fraction of sp³-hybridized carbons (Fsp3) is 0.417. The van der Waals surface area contributed by atoms with Crippen LogP contribution in [0, 0.1) is 6.92 Å². The maximum absolute atomic E-state index is 11.2. The van der Waals surface area contributed by atoms with Crippen molar-refractivity contribution >= 4 is 17.3 Å². The van der Waals surface area contributed by atoms with Gasteiger partial charge >= 0.3 is 5.97 Å². The molecule has 2 aromatic heterocycles. The van der Waals surface area contributed by atoms with Crippen LogP contribution in [0.15, 0.2) is 12.1 Å². The Bertz CT molecular complexity index is 602. The maximum Gasteiger partial charge on any atom is 0.328 e. The lowest BCUT2D eigenvalue weighted by Crippen LogP contribution is -2.25. The Morgan fingerprint density at radius 3 is 3.06 bits per heavy atom. The normalized spacial score (nSPS) is 18.6. The molecule has 3 rings (SSSR count). The third-order valence-electron chi connectivity index (χ3n) is 3.12. The lowest BCUT2D eigenvalue weighted by atomic mass is 10.1. The molecule has 0 aromatic carbocycles. The fourth-order valence-electron chi connectivity index (χ4n) is 2.24. The topological polar surface area (TPSA) is 68.0 Å². The Balaban J connectivity index is 2.03. The predicted molar refractivity (Wildman–Crippen MR) is 67.7 cm³/mol. The predicted octanol–water partition coefficient (Wildman–Crippen LogP) is 2.28. The van der Waals surface area contributed by atoms with E-state index in [9.17, 15) is 9.90 Å². The minimum atomic E-state index is -0.824. The van der Waals surface area contributed by atoms with Gasteiger partial charge in [-0.05, 0) is 31.9 Å². The van der Waals surface area contributed by atoms with Crippen molar-refractivity contribution in [1.29, 1.82) is 0 Å². The zero-order valence-electron chi connectivity index (χ0n) is 9.96. The molecule has 5 nitrogen and oxygen atoms in total. The molecule has 0 saturated heterocycles. The van der Waals surface area contributed by atoms with E-state index in [4.69, 9.17) is 0 Å². The number of hydrogen-bond donors (Lipinski definition) is 1. The standard InChI is InChI=1S/C12H13N3O2S/c1-7-5-6-9(18-7)11-13-10-4-2-3-8(12(16)17)15(10)14-11/h5-6,8H,2-4H2,1H3,(H,16,17). The second kappa shape index (κ2) is 4.20. The van der Waals surface area contributed by atoms with Gasteiger partial charge in [0, 0.05) is 11.3 Å². The van der Waals surface area contributed by atoms with Gasteiger partial charge in [0.25, 0.3) is 0 Å². The highest BCUT2D eigenvalue weighted by Crippen LogP contribution is 2.29. The number of carboxylic acids is 1. The van der Waals surface area contributed by atoms with Gasteiger partial charge in [0.15, 0.2) is 11.9 Å². The van der Waals surface area contributed by atoms with Gasteiger partial charge < -0.3 is 5.11 Å². The van der Waals surface area contributed by atoms with Crippen molar-refractivity contribution in [2.75, 3.05) is 0 Å². The van der Waals surface area contributed by atoms with Gasteiger partial charge in [-0.2, -0.15) is 0 Å². The summed E-state index contributed by atoms with van der Waals surface area (Å²) in [6, 6.07) is 3.45. The lowest BCUT2D eigenvalue weighted by Gasteiger charge is -2.19. The minimum absolute atomic E-state index is 0.559. The molecule has 0 saturated carbocycles. The summed E-state index contributed by atoms with van der Waals surface area (Å²) < 4.78 is 1.58.